The second kappa shape index (κ2) is 10.4. The Morgan fingerprint density at radius 2 is 1.81 bits per heavy atom. The predicted molar refractivity (Wildman–Crippen MR) is 114 cm³/mol. The van der Waals surface area contributed by atoms with Crippen LogP contribution in [0.2, 0.25) is 0 Å². The summed E-state index contributed by atoms with van der Waals surface area (Å²) in [5, 5.41) is 0.551. The van der Waals surface area contributed by atoms with Gasteiger partial charge < -0.3 is 14.5 Å². The van der Waals surface area contributed by atoms with Gasteiger partial charge in [0.15, 0.2) is 0 Å². The summed E-state index contributed by atoms with van der Waals surface area (Å²) in [7, 11) is 1.82. The predicted octanol–water partition coefficient (Wildman–Crippen LogP) is 2.89. The van der Waals surface area contributed by atoms with Crippen LogP contribution in [0.1, 0.15) is 58.9 Å². The van der Waals surface area contributed by atoms with E-state index >= 15 is 0 Å². The number of hydrogen-bond acceptors (Lipinski definition) is 6. The smallest absolute Gasteiger partial charge is 0.333 e. The van der Waals surface area contributed by atoms with Gasteiger partial charge in [-0.3, -0.25) is 14.4 Å². The molecule has 1 aliphatic heterocycles. The van der Waals surface area contributed by atoms with Gasteiger partial charge in [-0.05, 0) is 37.5 Å². The molecule has 0 radical (unpaired) electrons. The molecule has 1 aromatic carbocycles. The van der Waals surface area contributed by atoms with Crippen molar-refractivity contribution < 1.29 is 28.8 Å². The van der Waals surface area contributed by atoms with E-state index in [1.165, 1.54) is 0 Å². The van der Waals surface area contributed by atoms with Gasteiger partial charge in [0.2, 0.25) is 5.91 Å². The first-order valence-corrected chi connectivity index (χ1v) is 10.5. The number of nitrogens with zero attached hydrogens (tertiary/aromatic N) is 2. The minimum Gasteiger partial charge on any atom is -0.494 e. The molecule has 31 heavy (non-hydrogen) atoms. The van der Waals surface area contributed by atoms with Gasteiger partial charge in [-0.1, -0.05) is 32.9 Å². The van der Waals surface area contributed by atoms with Crippen LogP contribution >= 0.6 is 0 Å². The Balaban J connectivity index is 1.78. The van der Waals surface area contributed by atoms with Crippen LogP contribution in [0.15, 0.2) is 24.3 Å². The quantitative estimate of drug-likeness (QED) is 0.440. The molecule has 0 spiro atoms. The van der Waals surface area contributed by atoms with Crippen molar-refractivity contribution >= 4 is 23.7 Å². The third-order valence-electron chi connectivity index (χ3n) is 5.05. The van der Waals surface area contributed by atoms with Crippen molar-refractivity contribution in [2.24, 2.45) is 5.41 Å². The summed E-state index contributed by atoms with van der Waals surface area (Å²) in [5.74, 6) is -0.850. The minimum atomic E-state index is -0.638. The van der Waals surface area contributed by atoms with Crippen LogP contribution in [0.4, 0.5) is 0 Å². The number of imide groups is 1. The fourth-order valence-corrected chi connectivity index (χ4v) is 3.18. The molecule has 1 aliphatic rings. The minimum absolute atomic E-state index is 0.0350. The van der Waals surface area contributed by atoms with Gasteiger partial charge in [-0.2, -0.15) is 0 Å². The SMILES string of the molecule is CC(Cc1cccc(OCCCC(=O)ON2C(=O)CCC2=O)c1)N(C)C(=O)C(C)(C)C. The van der Waals surface area contributed by atoms with Gasteiger partial charge in [0.05, 0.1) is 13.0 Å². The van der Waals surface area contributed by atoms with Gasteiger partial charge in [0.1, 0.15) is 5.75 Å². The third kappa shape index (κ3) is 7.08. The average molecular weight is 433 g/mol. The van der Waals surface area contributed by atoms with Crippen LogP contribution in [0.5, 0.6) is 5.75 Å². The fourth-order valence-electron chi connectivity index (χ4n) is 3.18. The molecule has 170 valence electrons. The number of carbonyl (C=O) groups is 4. The Kier molecular flexibility index (Phi) is 8.19. The summed E-state index contributed by atoms with van der Waals surface area (Å²) in [6, 6.07) is 7.67. The molecule has 8 heteroatoms. The van der Waals surface area contributed by atoms with Crippen molar-refractivity contribution in [2.45, 2.75) is 65.8 Å². The van der Waals surface area contributed by atoms with E-state index in [0.29, 0.717) is 30.3 Å². The molecular weight excluding hydrogens is 400 g/mol. The zero-order chi connectivity index (χ0) is 23.2. The molecule has 0 N–H and O–H groups in total. The highest BCUT2D eigenvalue weighted by Crippen LogP contribution is 2.21. The van der Waals surface area contributed by atoms with Crippen molar-refractivity contribution in [1.82, 2.24) is 9.96 Å². The summed E-state index contributed by atoms with van der Waals surface area (Å²) in [4.78, 5) is 53.8. The Morgan fingerprint density at radius 3 is 2.42 bits per heavy atom. The molecule has 0 aliphatic carbocycles. The summed E-state index contributed by atoms with van der Waals surface area (Å²) < 4.78 is 5.72. The maximum atomic E-state index is 12.5. The summed E-state index contributed by atoms with van der Waals surface area (Å²) in [5.41, 5.74) is 0.619. The lowest BCUT2D eigenvalue weighted by Gasteiger charge is -2.31. The van der Waals surface area contributed by atoms with E-state index in [9.17, 15) is 19.2 Å². The largest absolute Gasteiger partial charge is 0.494 e. The first-order valence-electron chi connectivity index (χ1n) is 10.5. The molecule has 1 saturated heterocycles. The Morgan fingerprint density at radius 1 is 1.16 bits per heavy atom. The van der Waals surface area contributed by atoms with Crippen LogP contribution < -0.4 is 4.74 Å². The monoisotopic (exact) mass is 432 g/mol. The van der Waals surface area contributed by atoms with Crippen LogP contribution in [-0.2, 0) is 30.4 Å². The van der Waals surface area contributed by atoms with Crippen molar-refractivity contribution in [2.75, 3.05) is 13.7 Å². The second-order valence-corrected chi connectivity index (χ2v) is 8.86. The van der Waals surface area contributed by atoms with Gasteiger partial charge in [-0.25, -0.2) is 4.79 Å². The maximum Gasteiger partial charge on any atom is 0.333 e. The molecule has 1 heterocycles. The third-order valence-corrected chi connectivity index (χ3v) is 5.05. The maximum absolute atomic E-state index is 12.5. The Bertz CT molecular complexity index is 814. The summed E-state index contributed by atoms with van der Waals surface area (Å²) in [6.07, 6.45) is 1.26. The number of carbonyl (C=O) groups excluding carboxylic acids is 4. The van der Waals surface area contributed by atoms with Crippen LogP contribution in [0.3, 0.4) is 0 Å². The van der Waals surface area contributed by atoms with Gasteiger partial charge in [0, 0.05) is 31.3 Å². The van der Waals surface area contributed by atoms with E-state index < -0.39 is 23.2 Å². The van der Waals surface area contributed by atoms with E-state index in [1.807, 2.05) is 59.0 Å². The lowest BCUT2D eigenvalue weighted by molar-refractivity contribution is -0.197. The van der Waals surface area contributed by atoms with E-state index in [1.54, 1.807) is 4.90 Å². The molecule has 3 amide bonds. The molecule has 1 aromatic rings. The number of ether oxygens (including phenoxy) is 1. The lowest BCUT2D eigenvalue weighted by Crippen LogP contribution is -2.42. The first kappa shape index (κ1) is 24.4. The van der Waals surface area contributed by atoms with E-state index in [-0.39, 0.29) is 31.2 Å². The molecule has 2 rings (SSSR count). The number of hydrogen-bond donors (Lipinski definition) is 0. The zero-order valence-corrected chi connectivity index (χ0v) is 19.0. The van der Waals surface area contributed by atoms with Gasteiger partial charge >= 0.3 is 5.97 Å². The summed E-state index contributed by atoms with van der Waals surface area (Å²) >= 11 is 0. The molecule has 1 fully saturated rings. The standard InChI is InChI=1S/C23H32N2O6/c1-16(24(5)22(29)23(2,3)4)14-17-8-6-9-18(15-17)30-13-7-10-21(28)31-25-19(26)11-12-20(25)27/h6,8-9,15-16H,7,10-14H2,1-5H3. The van der Waals surface area contributed by atoms with Gasteiger partial charge in [0.25, 0.3) is 11.8 Å². The number of hydroxylamine groups is 2. The van der Waals surface area contributed by atoms with E-state index in [0.717, 1.165) is 5.56 Å². The topological polar surface area (TPSA) is 93.2 Å². The van der Waals surface area contributed by atoms with Gasteiger partial charge in [-0.15, -0.1) is 5.06 Å². The lowest BCUT2D eigenvalue weighted by atomic mass is 9.93. The fraction of sp³-hybridized carbons (Fsp3) is 0.565. The van der Waals surface area contributed by atoms with Crippen LogP contribution in [-0.4, -0.2) is 53.4 Å². The molecule has 0 bridgehead atoms. The highest BCUT2D eigenvalue weighted by atomic mass is 16.7. The zero-order valence-electron chi connectivity index (χ0n) is 19.0. The number of likely N-dealkylation sites (N-methyl/N-ethyl adjacent to an activating group) is 1. The van der Waals surface area contributed by atoms with Crippen LogP contribution in [0, 0.1) is 5.41 Å². The Hall–Kier alpha value is -2.90. The van der Waals surface area contributed by atoms with Crippen molar-refractivity contribution in [3.8, 4) is 5.75 Å². The number of amides is 3. The number of benzene rings is 1. The van der Waals surface area contributed by atoms with E-state index in [4.69, 9.17) is 9.57 Å². The first-order chi connectivity index (χ1) is 14.5. The second-order valence-electron chi connectivity index (χ2n) is 8.86. The molecule has 0 aromatic heterocycles. The van der Waals surface area contributed by atoms with Crippen molar-refractivity contribution in [3.05, 3.63) is 29.8 Å². The van der Waals surface area contributed by atoms with E-state index in [2.05, 4.69) is 0 Å². The molecular formula is C23H32N2O6. The highest BCUT2D eigenvalue weighted by molar-refractivity contribution is 6.01. The highest BCUT2D eigenvalue weighted by Gasteiger charge is 2.32. The number of rotatable bonds is 9. The average Bonchev–Trinajstić information content (AvgIpc) is 3.01. The Labute approximate surface area is 183 Å². The normalized spacial score (nSPS) is 15.1. The molecule has 1 atom stereocenters. The van der Waals surface area contributed by atoms with Crippen molar-refractivity contribution in [1.29, 1.82) is 0 Å². The molecule has 8 nitrogen and oxygen atoms in total. The van der Waals surface area contributed by atoms with Crippen LogP contribution in [0.25, 0.3) is 0 Å². The molecule has 1 unspecified atom stereocenters. The summed E-state index contributed by atoms with van der Waals surface area (Å²) in [6.45, 7) is 8.02. The molecule has 0 saturated carbocycles. The van der Waals surface area contributed by atoms with Crippen molar-refractivity contribution in [3.63, 3.8) is 0 Å².